The zero-order valence-electron chi connectivity index (χ0n) is 17.8. The minimum absolute atomic E-state index is 0.123. The molecule has 0 spiro atoms. The summed E-state index contributed by atoms with van der Waals surface area (Å²) in [5.74, 6) is 0.120. The summed E-state index contributed by atoms with van der Waals surface area (Å²) in [6.45, 7) is 2.07. The number of ether oxygens (including phenoxy) is 2. The molecule has 1 amide bonds. The van der Waals surface area contributed by atoms with Crippen LogP contribution in [0.15, 0.2) is 60.2 Å². The van der Waals surface area contributed by atoms with Crippen LogP contribution in [0.5, 0.6) is 11.5 Å². The van der Waals surface area contributed by atoms with Gasteiger partial charge in [0.15, 0.2) is 11.5 Å². The Hall–Kier alpha value is -3.17. The number of carbonyl (C=O) groups excluding carboxylic acids is 1. The average Bonchev–Trinajstić information content (AvgIpc) is 2.79. The van der Waals surface area contributed by atoms with Crippen molar-refractivity contribution in [3.63, 3.8) is 0 Å². The molecule has 0 aliphatic rings. The first-order chi connectivity index (χ1) is 15.8. The molecule has 5 nitrogen and oxygen atoms in total. The molecular formula is C25H19Cl3N2O3. The molecule has 168 valence electrons. The number of amides is 1. The molecule has 3 aromatic carbocycles. The number of rotatable bonds is 7. The molecule has 3 aromatic rings. The molecule has 0 heterocycles. The van der Waals surface area contributed by atoms with E-state index < -0.39 is 5.91 Å². The molecule has 0 radical (unpaired) electrons. The van der Waals surface area contributed by atoms with Crippen LogP contribution in [0.1, 0.15) is 16.7 Å². The summed E-state index contributed by atoms with van der Waals surface area (Å²) < 4.78 is 11.3. The van der Waals surface area contributed by atoms with Crippen molar-refractivity contribution in [3.05, 3.63) is 91.9 Å². The lowest BCUT2D eigenvalue weighted by molar-refractivity contribution is -0.112. The lowest BCUT2D eigenvalue weighted by Gasteiger charge is -2.14. The summed E-state index contributed by atoms with van der Waals surface area (Å²) in [4.78, 5) is 12.7. The number of hydrogen-bond donors (Lipinski definition) is 1. The molecule has 0 bridgehead atoms. The number of carbonyl (C=O) groups is 1. The van der Waals surface area contributed by atoms with Crippen molar-refractivity contribution in [2.75, 3.05) is 12.4 Å². The van der Waals surface area contributed by atoms with Gasteiger partial charge in [-0.2, -0.15) is 5.26 Å². The highest BCUT2D eigenvalue weighted by Gasteiger charge is 2.16. The molecule has 1 N–H and O–H groups in total. The van der Waals surface area contributed by atoms with Gasteiger partial charge in [-0.15, -0.1) is 0 Å². The third kappa shape index (κ3) is 6.21. The van der Waals surface area contributed by atoms with E-state index in [-0.39, 0.29) is 17.2 Å². The summed E-state index contributed by atoms with van der Waals surface area (Å²) in [6, 6.07) is 17.6. The van der Waals surface area contributed by atoms with Crippen molar-refractivity contribution < 1.29 is 14.3 Å². The van der Waals surface area contributed by atoms with Crippen LogP contribution < -0.4 is 14.8 Å². The van der Waals surface area contributed by atoms with Gasteiger partial charge in [-0.05, 0) is 60.0 Å². The molecule has 33 heavy (non-hydrogen) atoms. The Labute approximate surface area is 207 Å². The first-order valence-corrected chi connectivity index (χ1v) is 10.9. The van der Waals surface area contributed by atoms with Gasteiger partial charge in [0.05, 0.1) is 22.8 Å². The van der Waals surface area contributed by atoms with Gasteiger partial charge < -0.3 is 14.8 Å². The molecular weight excluding hydrogens is 483 g/mol. The number of methoxy groups -OCH3 is 1. The molecule has 0 aromatic heterocycles. The molecule has 8 heteroatoms. The van der Waals surface area contributed by atoms with Gasteiger partial charge in [0.2, 0.25) is 0 Å². The van der Waals surface area contributed by atoms with Crippen LogP contribution in [-0.2, 0) is 11.4 Å². The second kappa shape index (κ2) is 11.1. The number of nitrogens with one attached hydrogen (secondary N) is 1. The number of aryl methyl sites for hydroxylation is 1. The number of benzene rings is 3. The number of hydrogen-bond acceptors (Lipinski definition) is 4. The third-order valence-corrected chi connectivity index (χ3v) is 5.53. The van der Waals surface area contributed by atoms with E-state index in [0.29, 0.717) is 32.8 Å². The van der Waals surface area contributed by atoms with Crippen LogP contribution in [0.3, 0.4) is 0 Å². The third-order valence-electron chi connectivity index (χ3n) is 4.68. The number of nitriles is 1. The Morgan fingerprint density at radius 3 is 2.45 bits per heavy atom. The number of nitrogens with zero attached hydrogens (tertiary/aromatic N) is 1. The summed E-state index contributed by atoms with van der Waals surface area (Å²) in [7, 11) is 1.48. The SMILES string of the molecule is COc1cc(/C=C(\C#N)C(=O)Nc2c(C)cccc2Cl)cc(Cl)c1OCc1ccc(Cl)cc1. The maximum atomic E-state index is 12.7. The van der Waals surface area contributed by atoms with Crippen LogP contribution in [0.2, 0.25) is 15.1 Å². The number of para-hydroxylation sites is 1. The molecule has 0 aliphatic heterocycles. The maximum absolute atomic E-state index is 12.7. The summed E-state index contributed by atoms with van der Waals surface area (Å²) in [6.07, 6.45) is 1.42. The van der Waals surface area contributed by atoms with Crippen LogP contribution >= 0.6 is 34.8 Å². The molecule has 0 fully saturated rings. The predicted octanol–water partition coefficient (Wildman–Crippen LogP) is 7.09. The molecule has 0 saturated carbocycles. The number of anilines is 1. The van der Waals surface area contributed by atoms with Crippen LogP contribution in [0, 0.1) is 18.3 Å². The van der Waals surface area contributed by atoms with Crippen molar-refractivity contribution in [2.45, 2.75) is 13.5 Å². The van der Waals surface area contributed by atoms with Crippen LogP contribution in [0.4, 0.5) is 5.69 Å². The lowest BCUT2D eigenvalue weighted by Crippen LogP contribution is -2.14. The van der Waals surface area contributed by atoms with Gasteiger partial charge in [0.25, 0.3) is 5.91 Å². The molecule has 3 rings (SSSR count). The highest BCUT2D eigenvalue weighted by Crippen LogP contribution is 2.37. The van der Waals surface area contributed by atoms with E-state index in [9.17, 15) is 10.1 Å². The minimum Gasteiger partial charge on any atom is -0.493 e. The Morgan fingerprint density at radius 1 is 1.09 bits per heavy atom. The average molecular weight is 502 g/mol. The highest BCUT2D eigenvalue weighted by molar-refractivity contribution is 6.34. The van der Waals surface area contributed by atoms with Gasteiger partial charge in [-0.1, -0.05) is 59.1 Å². The summed E-state index contributed by atoms with van der Waals surface area (Å²) in [5.41, 5.74) is 2.51. The van der Waals surface area contributed by atoms with E-state index >= 15 is 0 Å². The second-order valence-corrected chi connectivity index (χ2v) is 8.26. The topological polar surface area (TPSA) is 71.3 Å². The van der Waals surface area contributed by atoms with Crippen molar-refractivity contribution in [2.24, 2.45) is 0 Å². The van der Waals surface area contributed by atoms with Gasteiger partial charge in [0, 0.05) is 5.02 Å². The molecule has 0 aliphatic carbocycles. The Morgan fingerprint density at radius 2 is 1.82 bits per heavy atom. The van der Waals surface area contributed by atoms with E-state index in [4.69, 9.17) is 44.3 Å². The zero-order chi connectivity index (χ0) is 24.0. The van der Waals surface area contributed by atoms with Crippen molar-refractivity contribution >= 4 is 52.5 Å². The minimum atomic E-state index is -0.591. The smallest absolute Gasteiger partial charge is 0.266 e. The Bertz CT molecular complexity index is 1230. The van der Waals surface area contributed by atoms with Gasteiger partial charge in [0.1, 0.15) is 18.2 Å². The van der Waals surface area contributed by atoms with E-state index in [0.717, 1.165) is 11.1 Å². The summed E-state index contributed by atoms with van der Waals surface area (Å²) >= 11 is 18.5. The van der Waals surface area contributed by atoms with Crippen molar-refractivity contribution in [3.8, 4) is 17.6 Å². The monoisotopic (exact) mass is 500 g/mol. The van der Waals surface area contributed by atoms with Crippen molar-refractivity contribution in [1.29, 1.82) is 5.26 Å². The van der Waals surface area contributed by atoms with Gasteiger partial charge in [-0.3, -0.25) is 4.79 Å². The Balaban J connectivity index is 1.84. The van der Waals surface area contributed by atoms with E-state index in [1.807, 2.05) is 31.2 Å². The predicted molar refractivity (Wildman–Crippen MR) is 132 cm³/mol. The molecule has 0 saturated heterocycles. The highest BCUT2D eigenvalue weighted by atomic mass is 35.5. The van der Waals surface area contributed by atoms with Crippen LogP contribution in [-0.4, -0.2) is 13.0 Å². The molecule has 0 unspecified atom stereocenters. The second-order valence-electron chi connectivity index (χ2n) is 7.00. The van der Waals surface area contributed by atoms with Gasteiger partial charge in [-0.25, -0.2) is 0 Å². The quantitative estimate of drug-likeness (QED) is 0.277. The normalized spacial score (nSPS) is 11.0. The lowest BCUT2D eigenvalue weighted by atomic mass is 10.1. The van der Waals surface area contributed by atoms with E-state index in [1.165, 1.54) is 13.2 Å². The van der Waals surface area contributed by atoms with Crippen LogP contribution in [0.25, 0.3) is 6.08 Å². The zero-order valence-corrected chi connectivity index (χ0v) is 20.1. The van der Waals surface area contributed by atoms with E-state index in [2.05, 4.69) is 5.32 Å². The fourth-order valence-electron chi connectivity index (χ4n) is 2.99. The fourth-order valence-corrected chi connectivity index (χ4v) is 3.65. The number of halogens is 3. The van der Waals surface area contributed by atoms with Crippen molar-refractivity contribution in [1.82, 2.24) is 0 Å². The molecule has 0 atom stereocenters. The van der Waals surface area contributed by atoms with E-state index in [1.54, 1.807) is 36.4 Å². The Kier molecular flexibility index (Phi) is 8.24. The first-order valence-electron chi connectivity index (χ1n) is 9.75. The summed E-state index contributed by atoms with van der Waals surface area (Å²) in [5, 5.41) is 13.5. The maximum Gasteiger partial charge on any atom is 0.266 e. The first kappa shape index (κ1) is 24.5. The van der Waals surface area contributed by atoms with Gasteiger partial charge >= 0.3 is 0 Å². The standard InChI is InChI=1S/C25H19Cl3N2O3/c1-15-4-3-5-20(27)23(15)30-25(31)18(13-29)10-17-11-21(28)24(22(12-17)32-2)33-14-16-6-8-19(26)9-7-16/h3-12H,14H2,1-2H3,(H,30,31)/b18-10+. The fraction of sp³-hybridized carbons (Fsp3) is 0.120. The largest absolute Gasteiger partial charge is 0.493 e.